The maximum atomic E-state index is 13.7. The van der Waals surface area contributed by atoms with Gasteiger partial charge < -0.3 is 9.64 Å². The first kappa shape index (κ1) is 21.2. The lowest BCUT2D eigenvalue weighted by atomic mass is 9.94. The fourth-order valence-corrected chi connectivity index (χ4v) is 4.68. The number of imide groups is 1. The van der Waals surface area contributed by atoms with Crippen molar-refractivity contribution in [2.75, 3.05) is 18.1 Å². The van der Waals surface area contributed by atoms with Crippen LogP contribution in [0.5, 0.6) is 5.75 Å². The number of hydrogen-bond donors (Lipinski definition) is 0. The number of anilines is 1. The number of para-hydroxylation sites is 1. The largest absolute Gasteiger partial charge is 0.494 e. The monoisotopic (exact) mass is 418 g/mol. The van der Waals surface area contributed by atoms with E-state index in [-0.39, 0.29) is 17.9 Å². The number of benzene rings is 2. The third kappa shape index (κ3) is 4.09. The Labute approximate surface area is 184 Å². The van der Waals surface area contributed by atoms with Crippen LogP contribution in [0, 0.1) is 0 Å². The summed E-state index contributed by atoms with van der Waals surface area (Å²) in [5, 5.41) is 0. The zero-order valence-electron chi connectivity index (χ0n) is 18.3. The van der Waals surface area contributed by atoms with E-state index in [2.05, 4.69) is 0 Å². The first-order valence-electron chi connectivity index (χ1n) is 11.3. The average Bonchev–Trinajstić information content (AvgIpc) is 3.06. The van der Waals surface area contributed by atoms with Crippen molar-refractivity contribution in [1.29, 1.82) is 0 Å². The van der Waals surface area contributed by atoms with Crippen molar-refractivity contribution in [2.45, 2.75) is 52.0 Å². The quantitative estimate of drug-likeness (QED) is 0.592. The molecule has 2 amide bonds. The van der Waals surface area contributed by atoms with Crippen LogP contribution in [0.3, 0.4) is 0 Å². The first-order chi connectivity index (χ1) is 15.2. The summed E-state index contributed by atoms with van der Waals surface area (Å²) in [5.41, 5.74) is 2.64. The molecular formula is C26H30N2O3. The Morgan fingerprint density at radius 2 is 1.58 bits per heavy atom. The second-order valence-corrected chi connectivity index (χ2v) is 8.03. The van der Waals surface area contributed by atoms with Crippen LogP contribution >= 0.6 is 0 Å². The number of hydrogen-bond acceptors (Lipinski definition) is 4. The van der Waals surface area contributed by atoms with Gasteiger partial charge in [0, 0.05) is 18.3 Å². The van der Waals surface area contributed by atoms with Gasteiger partial charge in [0.25, 0.3) is 11.8 Å². The molecule has 0 atom stereocenters. The van der Waals surface area contributed by atoms with Gasteiger partial charge >= 0.3 is 0 Å². The van der Waals surface area contributed by atoms with E-state index in [9.17, 15) is 9.59 Å². The van der Waals surface area contributed by atoms with Gasteiger partial charge in [0.1, 0.15) is 11.4 Å². The number of ether oxygens (including phenoxy) is 1. The van der Waals surface area contributed by atoms with E-state index in [4.69, 9.17) is 4.74 Å². The average molecular weight is 419 g/mol. The first-order valence-corrected chi connectivity index (χ1v) is 11.3. The molecule has 0 unspecified atom stereocenters. The van der Waals surface area contributed by atoms with Gasteiger partial charge in [-0.25, -0.2) is 0 Å². The molecule has 0 saturated heterocycles. The summed E-state index contributed by atoms with van der Waals surface area (Å²) in [6.07, 6.45) is 5.07. The van der Waals surface area contributed by atoms with Crippen LogP contribution in [0.4, 0.5) is 5.69 Å². The smallest absolute Gasteiger partial charge is 0.278 e. The minimum absolute atomic E-state index is 0.0153. The highest BCUT2D eigenvalue weighted by molar-refractivity contribution is 6.36. The van der Waals surface area contributed by atoms with Crippen LogP contribution in [-0.2, 0) is 9.59 Å². The second-order valence-electron chi connectivity index (χ2n) is 8.03. The molecule has 0 radical (unpaired) electrons. The molecule has 0 N–H and O–H groups in total. The molecule has 2 aromatic carbocycles. The molecule has 0 aromatic heterocycles. The van der Waals surface area contributed by atoms with Gasteiger partial charge in [-0.15, -0.1) is 0 Å². The van der Waals surface area contributed by atoms with Gasteiger partial charge in [-0.1, -0.05) is 49.6 Å². The Hall–Kier alpha value is -3.08. The molecule has 4 rings (SSSR count). The number of rotatable bonds is 7. The van der Waals surface area contributed by atoms with Gasteiger partial charge in [-0.2, -0.15) is 0 Å². The van der Waals surface area contributed by atoms with Crippen molar-refractivity contribution in [3.63, 3.8) is 0 Å². The second kappa shape index (κ2) is 9.38. The highest BCUT2D eigenvalue weighted by Crippen LogP contribution is 2.38. The lowest BCUT2D eigenvalue weighted by Gasteiger charge is -2.31. The van der Waals surface area contributed by atoms with Gasteiger partial charge in [-0.3, -0.25) is 14.5 Å². The van der Waals surface area contributed by atoms with Gasteiger partial charge in [-0.05, 0) is 56.5 Å². The highest BCUT2D eigenvalue weighted by atomic mass is 16.5. The van der Waals surface area contributed by atoms with E-state index >= 15 is 0 Å². The van der Waals surface area contributed by atoms with Crippen LogP contribution < -0.4 is 9.64 Å². The van der Waals surface area contributed by atoms with Crippen LogP contribution in [-0.4, -0.2) is 35.9 Å². The predicted molar refractivity (Wildman–Crippen MR) is 123 cm³/mol. The lowest BCUT2D eigenvalue weighted by molar-refractivity contribution is -0.140. The zero-order chi connectivity index (χ0) is 21.8. The molecule has 31 heavy (non-hydrogen) atoms. The summed E-state index contributed by atoms with van der Waals surface area (Å²) in [6, 6.07) is 17.3. The summed E-state index contributed by atoms with van der Waals surface area (Å²) in [4.78, 5) is 30.9. The van der Waals surface area contributed by atoms with E-state index < -0.39 is 0 Å². The summed E-state index contributed by atoms with van der Waals surface area (Å²) in [5.74, 6) is 0.404. The predicted octanol–water partition coefficient (Wildman–Crippen LogP) is 5.02. The highest BCUT2D eigenvalue weighted by Gasteiger charge is 2.44. The van der Waals surface area contributed by atoms with E-state index in [0.29, 0.717) is 24.4 Å². The van der Waals surface area contributed by atoms with E-state index in [1.54, 1.807) is 0 Å². The van der Waals surface area contributed by atoms with Crippen LogP contribution in [0.25, 0.3) is 5.57 Å². The third-order valence-electron chi connectivity index (χ3n) is 6.14. The van der Waals surface area contributed by atoms with E-state index in [1.165, 1.54) is 11.3 Å². The number of amides is 2. The molecule has 2 aliphatic rings. The Bertz CT molecular complexity index is 960. The fraction of sp³-hybridized carbons (Fsp3) is 0.385. The van der Waals surface area contributed by atoms with Crippen molar-refractivity contribution in [3.05, 3.63) is 65.9 Å². The summed E-state index contributed by atoms with van der Waals surface area (Å²) < 4.78 is 5.56. The standard InChI is InChI=1S/C26H30N2O3/c1-3-27(20-11-7-5-8-12-20)24-23(19-15-17-22(18-16-19)31-4-2)25(29)28(26(24)30)21-13-9-6-10-14-21/h5,7-8,11-12,15-18,21H,3-4,6,9-10,13-14H2,1-2H3. The van der Waals surface area contributed by atoms with Crippen molar-refractivity contribution in [3.8, 4) is 5.75 Å². The Balaban J connectivity index is 1.80. The summed E-state index contributed by atoms with van der Waals surface area (Å²) >= 11 is 0. The molecule has 5 heteroatoms. The molecule has 5 nitrogen and oxygen atoms in total. The van der Waals surface area contributed by atoms with Crippen LogP contribution in [0.2, 0.25) is 0 Å². The van der Waals surface area contributed by atoms with E-state index in [0.717, 1.165) is 42.7 Å². The van der Waals surface area contributed by atoms with Crippen molar-refractivity contribution >= 4 is 23.1 Å². The number of nitrogens with zero attached hydrogens (tertiary/aromatic N) is 2. The maximum absolute atomic E-state index is 13.7. The summed E-state index contributed by atoms with van der Waals surface area (Å²) in [7, 11) is 0. The minimum Gasteiger partial charge on any atom is -0.494 e. The maximum Gasteiger partial charge on any atom is 0.278 e. The molecule has 1 fully saturated rings. The molecular weight excluding hydrogens is 388 g/mol. The fourth-order valence-electron chi connectivity index (χ4n) is 4.68. The van der Waals surface area contributed by atoms with Gasteiger partial charge in [0.2, 0.25) is 0 Å². The lowest BCUT2D eigenvalue weighted by Crippen LogP contribution is -2.43. The number of likely N-dealkylation sites (N-methyl/N-ethyl adjacent to an activating group) is 1. The van der Waals surface area contributed by atoms with Crippen molar-refractivity contribution < 1.29 is 14.3 Å². The third-order valence-corrected chi connectivity index (χ3v) is 6.14. The van der Waals surface area contributed by atoms with E-state index in [1.807, 2.05) is 73.3 Å². The summed E-state index contributed by atoms with van der Waals surface area (Å²) in [6.45, 7) is 5.13. The molecule has 2 aromatic rings. The minimum atomic E-state index is -0.176. The Morgan fingerprint density at radius 1 is 0.903 bits per heavy atom. The SMILES string of the molecule is CCOc1ccc(C2=C(N(CC)c3ccccc3)C(=O)N(C3CCCCC3)C2=O)cc1. The van der Waals surface area contributed by atoms with Gasteiger partial charge in [0.05, 0.1) is 12.2 Å². The van der Waals surface area contributed by atoms with Crippen LogP contribution in [0.1, 0.15) is 51.5 Å². The normalized spacial score (nSPS) is 17.4. The molecule has 0 spiro atoms. The Kier molecular flexibility index (Phi) is 6.40. The van der Waals surface area contributed by atoms with Gasteiger partial charge in [0.15, 0.2) is 0 Å². The number of carbonyl (C=O) groups is 2. The molecule has 162 valence electrons. The van der Waals surface area contributed by atoms with Crippen LogP contribution in [0.15, 0.2) is 60.3 Å². The molecule has 1 saturated carbocycles. The Morgan fingerprint density at radius 3 is 2.19 bits per heavy atom. The van der Waals surface area contributed by atoms with Crippen molar-refractivity contribution in [1.82, 2.24) is 4.90 Å². The topological polar surface area (TPSA) is 49.9 Å². The van der Waals surface area contributed by atoms with Crippen molar-refractivity contribution in [2.24, 2.45) is 0 Å². The zero-order valence-corrected chi connectivity index (χ0v) is 18.3. The molecule has 1 aliphatic heterocycles. The molecule has 1 aliphatic carbocycles. The molecule has 1 heterocycles. The molecule has 0 bridgehead atoms. The number of carbonyl (C=O) groups excluding carboxylic acids is 2.